The van der Waals surface area contributed by atoms with Crippen LogP contribution in [0.25, 0.3) is 0 Å². The van der Waals surface area contributed by atoms with Gasteiger partial charge in [-0.25, -0.2) is 9.59 Å². The quantitative estimate of drug-likeness (QED) is 0.823. The normalized spacial score (nSPS) is 10.5. The summed E-state index contributed by atoms with van der Waals surface area (Å²) in [6, 6.07) is 8.83. The van der Waals surface area contributed by atoms with Crippen LogP contribution >= 0.6 is 0 Å². The first-order chi connectivity index (χ1) is 11.5. The Morgan fingerprint density at radius 1 is 1.04 bits per heavy atom. The van der Waals surface area contributed by atoms with E-state index < -0.39 is 5.97 Å². The molecule has 0 amide bonds. The number of ether oxygens (including phenoxy) is 2. The standard InChI is InChI=1S/C18H22N2O4/c1-4-23-17(21)14-8-6-13(7-9-14)11-20-12(3)10-15(19)16(20)18(22)24-5-2/h6-10H,4-5,11,19H2,1-3H3. The van der Waals surface area contributed by atoms with Crippen LogP contribution < -0.4 is 5.73 Å². The Balaban J connectivity index is 2.25. The third-order valence-corrected chi connectivity index (χ3v) is 3.61. The highest BCUT2D eigenvalue weighted by Gasteiger charge is 2.19. The lowest BCUT2D eigenvalue weighted by molar-refractivity contribution is 0.0510. The second-order valence-corrected chi connectivity index (χ2v) is 5.31. The van der Waals surface area contributed by atoms with Crippen molar-refractivity contribution in [3.05, 3.63) is 52.8 Å². The maximum absolute atomic E-state index is 12.1. The summed E-state index contributed by atoms with van der Waals surface area (Å²) >= 11 is 0. The van der Waals surface area contributed by atoms with Crippen molar-refractivity contribution in [1.82, 2.24) is 4.57 Å². The second kappa shape index (κ2) is 7.68. The topological polar surface area (TPSA) is 83.5 Å². The van der Waals surface area contributed by atoms with Crippen molar-refractivity contribution in [2.75, 3.05) is 18.9 Å². The molecule has 0 saturated carbocycles. The van der Waals surface area contributed by atoms with Crippen molar-refractivity contribution >= 4 is 17.6 Å². The second-order valence-electron chi connectivity index (χ2n) is 5.31. The summed E-state index contributed by atoms with van der Waals surface area (Å²) in [7, 11) is 0. The minimum Gasteiger partial charge on any atom is -0.462 e. The van der Waals surface area contributed by atoms with Crippen LogP contribution in [-0.4, -0.2) is 29.7 Å². The first-order valence-corrected chi connectivity index (χ1v) is 7.86. The van der Waals surface area contributed by atoms with Gasteiger partial charge in [-0.1, -0.05) is 12.1 Å². The van der Waals surface area contributed by atoms with E-state index in [4.69, 9.17) is 15.2 Å². The Hall–Kier alpha value is -2.76. The predicted octanol–water partition coefficient (Wildman–Crippen LogP) is 2.78. The molecule has 0 aliphatic heterocycles. The molecule has 2 rings (SSSR count). The van der Waals surface area contributed by atoms with Crippen molar-refractivity contribution in [3.8, 4) is 0 Å². The molecule has 0 atom stereocenters. The predicted molar refractivity (Wildman–Crippen MR) is 91.0 cm³/mol. The van der Waals surface area contributed by atoms with E-state index in [9.17, 15) is 9.59 Å². The number of aryl methyl sites for hydroxylation is 1. The van der Waals surface area contributed by atoms with E-state index in [1.54, 1.807) is 32.0 Å². The summed E-state index contributed by atoms with van der Waals surface area (Å²) < 4.78 is 11.9. The molecule has 2 N–H and O–H groups in total. The summed E-state index contributed by atoms with van der Waals surface area (Å²) in [6.45, 7) is 6.49. The number of esters is 2. The fraction of sp³-hybridized carbons (Fsp3) is 0.333. The number of hydrogen-bond acceptors (Lipinski definition) is 5. The number of nitrogen functional groups attached to an aromatic ring is 1. The third-order valence-electron chi connectivity index (χ3n) is 3.61. The Bertz CT molecular complexity index is 732. The van der Waals surface area contributed by atoms with Gasteiger partial charge in [-0.05, 0) is 44.5 Å². The van der Waals surface area contributed by atoms with Gasteiger partial charge in [0, 0.05) is 12.2 Å². The van der Waals surface area contributed by atoms with Gasteiger partial charge in [-0.15, -0.1) is 0 Å². The van der Waals surface area contributed by atoms with Crippen molar-refractivity contribution in [3.63, 3.8) is 0 Å². The van der Waals surface area contributed by atoms with Crippen LogP contribution in [0.4, 0.5) is 5.69 Å². The molecule has 0 bridgehead atoms. The van der Waals surface area contributed by atoms with E-state index in [-0.39, 0.29) is 12.6 Å². The average Bonchev–Trinajstić information content (AvgIpc) is 2.82. The van der Waals surface area contributed by atoms with Crippen molar-refractivity contribution in [2.45, 2.75) is 27.3 Å². The zero-order valence-electron chi connectivity index (χ0n) is 14.2. The fourth-order valence-electron chi connectivity index (χ4n) is 2.48. The van der Waals surface area contributed by atoms with Gasteiger partial charge in [0.05, 0.1) is 24.5 Å². The van der Waals surface area contributed by atoms with Crippen LogP contribution in [-0.2, 0) is 16.0 Å². The molecule has 1 aromatic carbocycles. The Morgan fingerprint density at radius 3 is 2.21 bits per heavy atom. The van der Waals surface area contributed by atoms with E-state index in [1.807, 2.05) is 23.6 Å². The molecule has 0 fully saturated rings. The van der Waals surface area contributed by atoms with Gasteiger partial charge >= 0.3 is 11.9 Å². The van der Waals surface area contributed by atoms with E-state index in [0.717, 1.165) is 11.3 Å². The molecule has 0 unspecified atom stereocenters. The van der Waals surface area contributed by atoms with Crippen LogP contribution in [0.15, 0.2) is 30.3 Å². The molecule has 128 valence electrons. The van der Waals surface area contributed by atoms with Crippen molar-refractivity contribution < 1.29 is 19.1 Å². The molecule has 6 heteroatoms. The molecule has 0 radical (unpaired) electrons. The lowest BCUT2D eigenvalue weighted by Gasteiger charge is -2.12. The van der Waals surface area contributed by atoms with Crippen molar-refractivity contribution in [1.29, 1.82) is 0 Å². The minimum absolute atomic E-state index is 0.288. The molecule has 0 aliphatic rings. The maximum Gasteiger partial charge on any atom is 0.357 e. The molecule has 0 spiro atoms. The SMILES string of the molecule is CCOC(=O)c1ccc(Cn2c(C)cc(N)c2C(=O)OCC)cc1. The molecular formula is C18H22N2O4. The zero-order chi connectivity index (χ0) is 17.7. The Labute approximate surface area is 141 Å². The van der Waals surface area contributed by atoms with Gasteiger partial charge in [0.15, 0.2) is 5.69 Å². The smallest absolute Gasteiger partial charge is 0.357 e. The Kier molecular flexibility index (Phi) is 5.63. The number of hydrogen-bond donors (Lipinski definition) is 1. The number of anilines is 1. The van der Waals surface area contributed by atoms with Crippen LogP contribution in [0, 0.1) is 6.92 Å². The first kappa shape index (κ1) is 17.6. The highest BCUT2D eigenvalue weighted by atomic mass is 16.5. The van der Waals surface area contributed by atoms with E-state index in [0.29, 0.717) is 30.1 Å². The average molecular weight is 330 g/mol. The lowest BCUT2D eigenvalue weighted by Crippen LogP contribution is -2.15. The Morgan fingerprint density at radius 2 is 1.62 bits per heavy atom. The van der Waals surface area contributed by atoms with E-state index >= 15 is 0 Å². The monoisotopic (exact) mass is 330 g/mol. The molecular weight excluding hydrogens is 308 g/mol. The summed E-state index contributed by atoms with van der Waals surface area (Å²) in [4.78, 5) is 23.8. The fourth-order valence-corrected chi connectivity index (χ4v) is 2.48. The lowest BCUT2D eigenvalue weighted by atomic mass is 10.1. The number of carbonyl (C=O) groups is 2. The summed E-state index contributed by atoms with van der Waals surface area (Å²) in [5, 5.41) is 0. The van der Waals surface area contributed by atoms with Crippen LogP contribution in [0.1, 0.15) is 46.0 Å². The van der Waals surface area contributed by atoms with Gasteiger partial charge < -0.3 is 19.8 Å². The summed E-state index contributed by atoms with van der Waals surface area (Å²) in [6.07, 6.45) is 0. The number of nitrogens with two attached hydrogens (primary N) is 1. The number of benzene rings is 1. The number of nitrogens with zero attached hydrogens (tertiary/aromatic N) is 1. The molecule has 1 aromatic heterocycles. The molecule has 2 aromatic rings. The largest absolute Gasteiger partial charge is 0.462 e. The molecule has 1 heterocycles. The first-order valence-electron chi connectivity index (χ1n) is 7.86. The van der Waals surface area contributed by atoms with Crippen LogP contribution in [0.5, 0.6) is 0 Å². The van der Waals surface area contributed by atoms with Crippen LogP contribution in [0.3, 0.4) is 0 Å². The summed E-state index contributed by atoms with van der Waals surface area (Å²) in [5.74, 6) is -0.788. The number of rotatable bonds is 6. The highest BCUT2D eigenvalue weighted by molar-refractivity contribution is 5.94. The van der Waals surface area contributed by atoms with Crippen molar-refractivity contribution in [2.24, 2.45) is 0 Å². The van der Waals surface area contributed by atoms with E-state index in [1.165, 1.54) is 0 Å². The molecule has 0 aliphatic carbocycles. The number of carbonyl (C=O) groups excluding carboxylic acids is 2. The molecule has 6 nitrogen and oxygen atoms in total. The van der Waals surface area contributed by atoms with Gasteiger partial charge in [-0.3, -0.25) is 0 Å². The number of aromatic nitrogens is 1. The van der Waals surface area contributed by atoms with E-state index in [2.05, 4.69) is 0 Å². The van der Waals surface area contributed by atoms with Gasteiger partial charge in [0.1, 0.15) is 0 Å². The summed E-state index contributed by atoms with van der Waals surface area (Å²) in [5.41, 5.74) is 8.99. The van der Waals surface area contributed by atoms with Gasteiger partial charge in [0.25, 0.3) is 0 Å². The minimum atomic E-state index is -0.439. The highest BCUT2D eigenvalue weighted by Crippen LogP contribution is 2.21. The maximum atomic E-state index is 12.1. The third kappa shape index (κ3) is 3.76. The molecule has 24 heavy (non-hydrogen) atoms. The zero-order valence-corrected chi connectivity index (χ0v) is 14.2. The molecule has 0 saturated heterocycles. The van der Waals surface area contributed by atoms with Crippen LogP contribution in [0.2, 0.25) is 0 Å². The van der Waals surface area contributed by atoms with Gasteiger partial charge in [-0.2, -0.15) is 0 Å². The van der Waals surface area contributed by atoms with Gasteiger partial charge in [0.2, 0.25) is 0 Å².